The van der Waals surface area contributed by atoms with Crippen molar-refractivity contribution in [2.75, 3.05) is 42.6 Å². The molecular weight excluding hydrogens is 392 g/mol. The number of ketones is 1. The zero-order valence-electron chi connectivity index (χ0n) is 17.9. The third kappa shape index (κ3) is 6.28. The largest absolute Gasteiger partial charge is 0.373 e. The monoisotopic (exact) mass is 422 g/mol. The molecule has 0 unspecified atom stereocenters. The van der Waals surface area contributed by atoms with Gasteiger partial charge in [-0.25, -0.2) is 0 Å². The first-order chi connectivity index (χ1) is 15.0. The first-order valence-corrected chi connectivity index (χ1v) is 10.6. The number of carbonyl (C=O) groups excluding carboxylic acids is 2. The maximum atomic E-state index is 12.6. The number of benzene rings is 1. The van der Waals surface area contributed by atoms with Crippen molar-refractivity contribution in [3.05, 3.63) is 54.1 Å². The Hall–Kier alpha value is -3.42. The van der Waals surface area contributed by atoms with Crippen LogP contribution in [0.1, 0.15) is 24.0 Å². The lowest BCUT2D eigenvalue weighted by Gasteiger charge is -2.32. The molecule has 0 saturated carbocycles. The van der Waals surface area contributed by atoms with Gasteiger partial charge in [0, 0.05) is 45.1 Å². The number of nitrogens with one attached hydrogen (secondary N) is 2. The van der Waals surface area contributed by atoms with E-state index in [2.05, 4.69) is 32.1 Å². The van der Waals surface area contributed by atoms with E-state index in [1.165, 1.54) is 6.08 Å². The molecule has 1 aliphatic heterocycles. The third-order valence-corrected chi connectivity index (χ3v) is 5.52. The minimum Gasteiger partial charge on any atom is -0.373 e. The van der Waals surface area contributed by atoms with E-state index in [0.717, 1.165) is 49.3 Å². The molecular formula is C23H30N6O2. The summed E-state index contributed by atoms with van der Waals surface area (Å²) in [4.78, 5) is 34.6. The molecule has 31 heavy (non-hydrogen) atoms. The summed E-state index contributed by atoms with van der Waals surface area (Å²) < 4.78 is 0. The Morgan fingerprint density at radius 1 is 1.19 bits per heavy atom. The number of nitrogens with two attached hydrogens (primary N) is 1. The highest BCUT2D eigenvalue weighted by Gasteiger charge is 2.25. The van der Waals surface area contributed by atoms with Gasteiger partial charge in [-0.3, -0.25) is 9.59 Å². The first-order valence-electron chi connectivity index (χ1n) is 10.6. The van der Waals surface area contributed by atoms with Crippen molar-refractivity contribution in [3.63, 3.8) is 0 Å². The summed E-state index contributed by atoms with van der Waals surface area (Å²) in [5, 5.41) is 6.04. The summed E-state index contributed by atoms with van der Waals surface area (Å²) in [5.41, 5.74) is 7.88. The van der Waals surface area contributed by atoms with Crippen molar-refractivity contribution < 1.29 is 9.59 Å². The lowest BCUT2D eigenvalue weighted by molar-refractivity contribution is -0.125. The third-order valence-electron chi connectivity index (χ3n) is 5.52. The Morgan fingerprint density at radius 3 is 2.52 bits per heavy atom. The molecule has 0 bridgehead atoms. The molecule has 0 atom stereocenters. The average Bonchev–Trinajstić information content (AvgIpc) is 2.79. The average molecular weight is 423 g/mol. The van der Waals surface area contributed by atoms with Crippen molar-refractivity contribution in [2.24, 2.45) is 5.92 Å². The summed E-state index contributed by atoms with van der Waals surface area (Å²) in [5.74, 6) is 1.83. The Bertz CT molecular complexity index is 920. The van der Waals surface area contributed by atoms with Crippen LogP contribution in [0.3, 0.4) is 0 Å². The second kappa shape index (κ2) is 10.6. The summed E-state index contributed by atoms with van der Waals surface area (Å²) in [7, 11) is 1.79. The van der Waals surface area contributed by atoms with Gasteiger partial charge >= 0.3 is 0 Å². The van der Waals surface area contributed by atoms with Gasteiger partial charge in [0.05, 0.1) is 0 Å². The zero-order valence-corrected chi connectivity index (χ0v) is 17.9. The molecule has 8 nitrogen and oxygen atoms in total. The predicted molar refractivity (Wildman–Crippen MR) is 123 cm³/mol. The van der Waals surface area contributed by atoms with Crippen LogP contribution in [-0.2, 0) is 22.4 Å². The van der Waals surface area contributed by atoms with Gasteiger partial charge in [-0.15, -0.1) is 0 Å². The number of anilines is 3. The maximum Gasteiger partial charge on any atom is 0.223 e. The molecule has 164 valence electrons. The van der Waals surface area contributed by atoms with E-state index in [0.29, 0.717) is 18.8 Å². The number of hydrogen-bond donors (Lipinski definition) is 3. The summed E-state index contributed by atoms with van der Waals surface area (Å²) in [6.07, 6.45) is 4.02. The van der Waals surface area contributed by atoms with E-state index in [1.54, 1.807) is 7.05 Å². The van der Waals surface area contributed by atoms with Crippen LogP contribution < -0.4 is 21.3 Å². The van der Waals surface area contributed by atoms with E-state index in [1.807, 2.05) is 30.3 Å². The number of amides is 1. The number of hydrogen-bond acceptors (Lipinski definition) is 7. The molecule has 3 rings (SSSR count). The minimum absolute atomic E-state index is 0.00602. The fourth-order valence-corrected chi connectivity index (χ4v) is 3.68. The van der Waals surface area contributed by atoms with E-state index in [-0.39, 0.29) is 23.6 Å². The maximum absolute atomic E-state index is 12.6. The lowest BCUT2D eigenvalue weighted by Crippen LogP contribution is -2.41. The molecule has 1 aromatic carbocycles. The highest BCUT2D eigenvalue weighted by Crippen LogP contribution is 2.24. The van der Waals surface area contributed by atoms with Gasteiger partial charge in [0.2, 0.25) is 11.9 Å². The number of aromatic nitrogens is 2. The van der Waals surface area contributed by atoms with Crippen molar-refractivity contribution >= 4 is 29.3 Å². The van der Waals surface area contributed by atoms with Crippen LogP contribution in [0.2, 0.25) is 0 Å². The van der Waals surface area contributed by atoms with Gasteiger partial charge in [-0.05, 0) is 36.5 Å². The van der Waals surface area contributed by atoms with Crippen molar-refractivity contribution in [1.29, 1.82) is 0 Å². The van der Waals surface area contributed by atoms with E-state index < -0.39 is 0 Å². The van der Waals surface area contributed by atoms with Crippen LogP contribution in [0.4, 0.5) is 17.6 Å². The Labute approximate surface area is 182 Å². The Kier molecular flexibility index (Phi) is 7.59. The molecule has 4 N–H and O–H groups in total. The number of piperidine rings is 1. The number of rotatable bonds is 9. The lowest BCUT2D eigenvalue weighted by atomic mass is 9.96. The smallest absolute Gasteiger partial charge is 0.223 e. The van der Waals surface area contributed by atoms with Gasteiger partial charge in [0.1, 0.15) is 11.6 Å². The van der Waals surface area contributed by atoms with E-state index in [9.17, 15) is 9.59 Å². The molecule has 2 heterocycles. The second-order valence-corrected chi connectivity index (χ2v) is 7.69. The fourth-order valence-electron chi connectivity index (χ4n) is 3.68. The fraction of sp³-hybridized carbons (Fsp3) is 0.391. The van der Waals surface area contributed by atoms with Crippen LogP contribution in [0, 0.1) is 5.92 Å². The van der Waals surface area contributed by atoms with Crippen LogP contribution in [0.25, 0.3) is 0 Å². The molecule has 1 aromatic heterocycles. The predicted octanol–water partition coefficient (Wildman–Crippen LogP) is 1.97. The summed E-state index contributed by atoms with van der Waals surface area (Å²) in [6.45, 7) is 5.59. The molecule has 1 saturated heterocycles. The highest BCUT2D eigenvalue weighted by atomic mass is 16.2. The van der Waals surface area contributed by atoms with Crippen molar-refractivity contribution in [1.82, 2.24) is 15.3 Å². The van der Waals surface area contributed by atoms with Gasteiger partial charge in [-0.1, -0.05) is 30.8 Å². The number of allylic oxidation sites excluding steroid dienone is 1. The molecule has 0 radical (unpaired) electrons. The van der Waals surface area contributed by atoms with Gasteiger partial charge < -0.3 is 21.3 Å². The zero-order chi connectivity index (χ0) is 22.2. The van der Waals surface area contributed by atoms with Crippen molar-refractivity contribution in [3.8, 4) is 0 Å². The second-order valence-electron chi connectivity index (χ2n) is 7.69. The van der Waals surface area contributed by atoms with Gasteiger partial charge in [-0.2, -0.15) is 9.97 Å². The first kappa shape index (κ1) is 22.3. The van der Waals surface area contributed by atoms with E-state index >= 15 is 0 Å². The summed E-state index contributed by atoms with van der Waals surface area (Å²) >= 11 is 0. The molecule has 0 aliphatic carbocycles. The number of nitrogen functional groups attached to an aromatic ring is 1. The highest BCUT2D eigenvalue weighted by molar-refractivity contribution is 5.90. The SMILES string of the molecule is C=CC(=O)Cc1ccc(CCNC(=O)C2CCN(c3cc(NC)nc(N)n3)CC2)cc1. The summed E-state index contributed by atoms with van der Waals surface area (Å²) in [6, 6.07) is 9.78. The normalized spacial score (nSPS) is 14.2. The number of nitrogens with zero attached hydrogens (tertiary/aromatic N) is 3. The Morgan fingerprint density at radius 2 is 1.87 bits per heavy atom. The number of carbonyl (C=O) groups is 2. The van der Waals surface area contributed by atoms with Crippen LogP contribution in [0.5, 0.6) is 0 Å². The van der Waals surface area contributed by atoms with Gasteiger partial charge in [0.15, 0.2) is 5.78 Å². The molecule has 2 aromatic rings. The molecule has 1 amide bonds. The molecule has 1 fully saturated rings. The molecule has 8 heteroatoms. The topological polar surface area (TPSA) is 113 Å². The van der Waals surface area contributed by atoms with Gasteiger partial charge in [0.25, 0.3) is 0 Å². The standard InChI is InChI=1S/C23H30N6O2/c1-3-19(30)14-17-6-4-16(5-7-17)8-11-26-22(31)18-9-12-29(13-10-18)21-15-20(25-2)27-23(24)28-21/h3-7,15,18H,1,8-14H2,2H3,(H,26,31)(H3,24,25,27,28). The molecule has 1 aliphatic rings. The molecule has 0 spiro atoms. The van der Waals surface area contributed by atoms with Crippen LogP contribution in [-0.4, -0.2) is 48.3 Å². The quantitative estimate of drug-likeness (QED) is 0.530. The van der Waals surface area contributed by atoms with Crippen LogP contribution in [0.15, 0.2) is 43.0 Å². The van der Waals surface area contributed by atoms with Crippen LogP contribution >= 0.6 is 0 Å². The van der Waals surface area contributed by atoms with E-state index in [4.69, 9.17) is 5.73 Å². The van der Waals surface area contributed by atoms with Crippen molar-refractivity contribution in [2.45, 2.75) is 25.7 Å². The Balaban J connectivity index is 1.42. The minimum atomic E-state index is 0.00602.